The number of nitro benzene ring substituents is 1. The summed E-state index contributed by atoms with van der Waals surface area (Å²) in [6.45, 7) is 6.14. The van der Waals surface area contributed by atoms with E-state index in [1.807, 2.05) is 0 Å². The Hall–Kier alpha value is -2.35. The minimum absolute atomic E-state index is 0.138. The molecular weight excluding hydrogens is 328 g/mol. The monoisotopic (exact) mass is 354 g/mol. The van der Waals surface area contributed by atoms with Gasteiger partial charge in [0.05, 0.1) is 18.6 Å². The van der Waals surface area contributed by atoms with Crippen LogP contribution >= 0.6 is 0 Å². The Morgan fingerprint density at radius 3 is 2.36 bits per heavy atom. The minimum atomic E-state index is -0.721. The first-order chi connectivity index (χ1) is 11.7. The van der Waals surface area contributed by atoms with Gasteiger partial charge in [-0.05, 0) is 39.7 Å². The van der Waals surface area contributed by atoms with Crippen molar-refractivity contribution in [2.75, 3.05) is 32.3 Å². The Balaban J connectivity index is 3.11. The van der Waals surface area contributed by atoms with Crippen LogP contribution in [0.2, 0.25) is 0 Å². The van der Waals surface area contributed by atoms with Gasteiger partial charge in [-0.25, -0.2) is 4.79 Å². The highest BCUT2D eigenvalue weighted by atomic mass is 16.6. The van der Waals surface area contributed by atoms with Gasteiger partial charge in [-0.15, -0.1) is 0 Å². The third-order valence-corrected chi connectivity index (χ3v) is 3.44. The molecule has 0 aliphatic heterocycles. The molecule has 0 heterocycles. The van der Waals surface area contributed by atoms with E-state index in [4.69, 9.17) is 14.2 Å². The number of nitro groups is 1. The number of ether oxygens (including phenoxy) is 3. The lowest BCUT2D eigenvalue weighted by molar-refractivity contribution is -0.384. The molecule has 0 bridgehead atoms. The minimum Gasteiger partial charge on any atom is -0.497 e. The van der Waals surface area contributed by atoms with Crippen molar-refractivity contribution in [1.82, 2.24) is 0 Å². The standard InChI is InChI=1S/C17H26N2O6/c1-17(2,3)18(16(20)25-11-7-6-10-23-4)15-12-13(24-5)8-9-14(15)19(21)22/h8-9,12H,6-7,10-11H2,1-5H3. The SMILES string of the molecule is COCCCCOC(=O)N(c1cc(OC)ccc1[N+](=O)[O-])C(C)(C)C. The van der Waals surface area contributed by atoms with Gasteiger partial charge in [0, 0.05) is 31.4 Å². The van der Waals surface area contributed by atoms with Crippen molar-refractivity contribution < 1.29 is 23.9 Å². The highest BCUT2D eigenvalue weighted by molar-refractivity contribution is 5.92. The topological polar surface area (TPSA) is 91.1 Å². The summed E-state index contributed by atoms with van der Waals surface area (Å²) in [4.78, 5) is 24.7. The third kappa shape index (κ3) is 5.90. The quantitative estimate of drug-likeness (QED) is 0.401. The maximum absolute atomic E-state index is 12.6. The molecular formula is C17H26N2O6. The number of hydrogen-bond acceptors (Lipinski definition) is 6. The van der Waals surface area contributed by atoms with Gasteiger partial charge < -0.3 is 14.2 Å². The maximum atomic E-state index is 12.6. The van der Waals surface area contributed by atoms with Crippen LogP contribution in [-0.2, 0) is 9.47 Å². The third-order valence-electron chi connectivity index (χ3n) is 3.44. The van der Waals surface area contributed by atoms with Crippen LogP contribution in [0.5, 0.6) is 5.75 Å². The van der Waals surface area contributed by atoms with E-state index in [-0.39, 0.29) is 18.0 Å². The first kappa shape index (κ1) is 20.7. The second-order valence-corrected chi connectivity index (χ2v) is 6.43. The van der Waals surface area contributed by atoms with E-state index in [1.165, 1.54) is 30.2 Å². The van der Waals surface area contributed by atoms with E-state index >= 15 is 0 Å². The van der Waals surface area contributed by atoms with E-state index in [9.17, 15) is 14.9 Å². The number of nitrogens with zero attached hydrogens (tertiary/aromatic N) is 2. The zero-order valence-electron chi connectivity index (χ0n) is 15.4. The molecule has 1 rings (SSSR count). The van der Waals surface area contributed by atoms with Crippen molar-refractivity contribution in [1.29, 1.82) is 0 Å². The maximum Gasteiger partial charge on any atom is 0.415 e. The molecule has 0 fully saturated rings. The molecule has 8 nitrogen and oxygen atoms in total. The van der Waals surface area contributed by atoms with Crippen LogP contribution in [-0.4, -0.2) is 44.0 Å². The summed E-state index contributed by atoms with van der Waals surface area (Å²) < 4.78 is 15.4. The number of rotatable bonds is 8. The van der Waals surface area contributed by atoms with Gasteiger partial charge in [0.2, 0.25) is 0 Å². The lowest BCUT2D eigenvalue weighted by Gasteiger charge is -2.34. The van der Waals surface area contributed by atoms with Crippen molar-refractivity contribution in [2.45, 2.75) is 39.2 Å². The van der Waals surface area contributed by atoms with Gasteiger partial charge in [-0.3, -0.25) is 15.0 Å². The molecule has 1 aromatic carbocycles. The average molecular weight is 354 g/mol. The molecule has 0 aliphatic carbocycles. The average Bonchev–Trinajstić information content (AvgIpc) is 2.53. The molecule has 0 unspecified atom stereocenters. The lowest BCUT2D eigenvalue weighted by atomic mass is 10.0. The molecule has 1 amide bonds. The lowest BCUT2D eigenvalue weighted by Crippen LogP contribution is -2.46. The molecule has 0 saturated heterocycles. The molecule has 0 aromatic heterocycles. The van der Waals surface area contributed by atoms with Crippen molar-refractivity contribution >= 4 is 17.5 Å². The van der Waals surface area contributed by atoms with Gasteiger partial charge in [0.25, 0.3) is 5.69 Å². The Bertz CT molecular complexity index is 597. The van der Waals surface area contributed by atoms with Crippen molar-refractivity contribution in [3.63, 3.8) is 0 Å². The van der Waals surface area contributed by atoms with Crippen LogP contribution in [0.15, 0.2) is 18.2 Å². The number of amides is 1. The van der Waals surface area contributed by atoms with Crippen LogP contribution in [0.4, 0.5) is 16.2 Å². The number of methoxy groups -OCH3 is 2. The zero-order chi connectivity index (χ0) is 19.0. The zero-order valence-corrected chi connectivity index (χ0v) is 15.4. The van der Waals surface area contributed by atoms with Gasteiger partial charge in [0.1, 0.15) is 11.4 Å². The highest BCUT2D eigenvalue weighted by Crippen LogP contribution is 2.36. The first-order valence-corrected chi connectivity index (χ1v) is 8.00. The van der Waals surface area contributed by atoms with E-state index in [0.717, 1.165) is 6.42 Å². The molecule has 0 aliphatic rings. The van der Waals surface area contributed by atoms with Gasteiger partial charge >= 0.3 is 6.09 Å². The molecule has 0 spiro atoms. The van der Waals surface area contributed by atoms with E-state index < -0.39 is 16.6 Å². The largest absolute Gasteiger partial charge is 0.497 e. The van der Waals surface area contributed by atoms with Crippen molar-refractivity contribution in [3.8, 4) is 5.75 Å². The molecule has 0 radical (unpaired) electrons. The van der Waals surface area contributed by atoms with Crippen LogP contribution in [0.3, 0.4) is 0 Å². The predicted octanol–water partition coefficient (Wildman–Crippen LogP) is 3.77. The summed E-state index contributed by atoms with van der Waals surface area (Å²) in [5.74, 6) is 0.419. The Morgan fingerprint density at radius 1 is 1.20 bits per heavy atom. The van der Waals surface area contributed by atoms with Gasteiger partial charge in [-0.1, -0.05) is 0 Å². The first-order valence-electron chi connectivity index (χ1n) is 8.00. The summed E-state index contributed by atoms with van der Waals surface area (Å²) in [5.41, 5.74) is -0.772. The number of carbonyl (C=O) groups is 1. The second-order valence-electron chi connectivity index (χ2n) is 6.43. The second kappa shape index (κ2) is 9.22. The van der Waals surface area contributed by atoms with E-state index in [1.54, 1.807) is 27.9 Å². The predicted molar refractivity (Wildman–Crippen MR) is 94.3 cm³/mol. The van der Waals surface area contributed by atoms with Crippen molar-refractivity contribution in [2.24, 2.45) is 0 Å². The fourth-order valence-electron chi connectivity index (χ4n) is 2.27. The summed E-state index contributed by atoms with van der Waals surface area (Å²) in [6.07, 6.45) is 0.775. The fourth-order valence-corrected chi connectivity index (χ4v) is 2.27. The number of unbranched alkanes of at least 4 members (excludes halogenated alkanes) is 1. The summed E-state index contributed by atoms with van der Waals surface area (Å²) in [7, 11) is 3.07. The summed E-state index contributed by atoms with van der Waals surface area (Å²) >= 11 is 0. The van der Waals surface area contributed by atoms with Crippen LogP contribution in [0.25, 0.3) is 0 Å². The number of anilines is 1. The highest BCUT2D eigenvalue weighted by Gasteiger charge is 2.34. The summed E-state index contributed by atoms with van der Waals surface area (Å²) in [5, 5.41) is 11.4. The van der Waals surface area contributed by atoms with E-state index in [0.29, 0.717) is 18.8 Å². The molecule has 25 heavy (non-hydrogen) atoms. The van der Waals surface area contributed by atoms with Crippen LogP contribution < -0.4 is 9.64 Å². The molecule has 8 heteroatoms. The molecule has 140 valence electrons. The van der Waals surface area contributed by atoms with E-state index in [2.05, 4.69) is 0 Å². The van der Waals surface area contributed by atoms with Gasteiger partial charge in [-0.2, -0.15) is 0 Å². The number of hydrogen-bond donors (Lipinski definition) is 0. The molecule has 1 aromatic rings. The fraction of sp³-hybridized carbons (Fsp3) is 0.588. The summed E-state index contributed by atoms with van der Waals surface area (Å²) in [6, 6.07) is 4.27. The Kier molecular flexibility index (Phi) is 7.63. The van der Waals surface area contributed by atoms with Gasteiger partial charge in [0.15, 0.2) is 0 Å². The Morgan fingerprint density at radius 2 is 1.84 bits per heavy atom. The molecule has 0 atom stereocenters. The van der Waals surface area contributed by atoms with Crippen molar-refractivity contribution in [3.05, 3.63) is 28.3 Å². The smallest absolute Gasteiger partial charge is 0.415 e. The van der Waals surface area contributed by atoms with Crippen LogP contribution in [0.1, 0.15) is 33.6 Å². The number of benzene rings is 1. The van der Waals surface area contributed by atoms with Crippen LogP contribution in [0, 0.1) is 10.1 Å². The molecule has 0 saturated carbocycles. The normalized spacial score (nSPS) is 11.1. The number of carbonyl (C=O) groups excluding carboxylic acids is 1. The molecule has 0 N–H and O–H groups in total. The Labute approximate surface area is 147 Å².